The molecule has 0 unspecified atom stereocenters. The SMILES string of the molecule is COc1ccc(CN2C(=O)[C@H](F)C[C@H]2CO[Si](C)(C)C(C)(C)C)cc1. The topological polar surface area (TPSA) is 38.8 Å². The summed E-state index contributed by atoms with van der Waals surface area (Å²) in [7, 11) is -0.315. The number of carbonyl (C=O) groups excluding carboxylic acids is 1. The van der Waals surface area contributed by atoms with E-state index in [-0.39, 0.29) is 17.5 Å². The minimum absolute atomic E-state index is 0.0888. The molecule has 1 heterocycles. The molecule has 1 aromatic rings. The number of alkyl halides is 1. The highest BCUT2D eigenvalue weighted by Crippen LogP contribution is 2.37. The molecule has 1 fully saturated rings. The molecule has 0 aromatic heterocycles. The zero-order chi connectivity index (χ0) is 18.8. The van der Waals surface area contributed by atoms with Crippen LogP contribution in [0.4, 0.5) is 4.39 Å². The molecule has 2 atom stereocenters. The van der Waals surface area contributed by atoms with Crippen molar-refractivity contribution in [3.05, 3.63) is 29.8 Å². The average Bonchev–Trinajstić information content (AvgIpc) is 2.80. The number of methoxy groups -OCH3 is 1. The Morgan fingerprint density at radius 2 is 1.84 bits per heavy atom. The van der Waals surface area contributed by atoms with Crippen LogP contribution in [-0.4, -0.2) is 45.1 Å². The lowest BCUT2D eigenvalue weighted by molar-refractivity contribution is -0.133. The molecule has 0 saturated carbocycles. The number of likely N-dealkylation sites (tertiary alicyclic amines) is 1. The number of rotatable bonds is 6. The summed E-state index contributed by atoms with van der Waals surface area (Å²) in [5.74, 6) is 0.331. The first-order valence-electron chi connectivity index (χ1n) is 8.76. The number of benzene rings is 1. The van der Waals surface area contributed by atoms with Crippen LogP contribution in [0.5, 0.6) is 5.75 Å². The standard InChI is InChI=1S/C19H30FNO3Si/c1-19(2,3)25(5,6)24-13-15-11-17(20)18(22)21(15)12-14-7-9-16(23-4)10-8-14/h7-10,15,17H,11-13H2,1-6H3/t15-,17+/m0/s1. The molecule has 25 heavy (non-hydrogen) atoms. The van der Waals surface area contributed by atoms with Gasteiger partial charge in [-0.1, -0.05) is 32.9 Å². The van der Waals surface area contributed by atoms with E-state index < -0.39 is 20.4 Å². The number of amides is 1. The van der Waals surface area contributed by atoms with Gasteiger partial charge < -0.3 is 14.1 Å². The van der Waals surface area contributed by atoms with Crippen molar-refractivity contribution >= 4 is 14.2 Å². The van der Waals surface area contributed by atoms with Gasteiger partial charge in [0.15, 0.2) is 14.5 Å². The highest BCUT2D eigenvalue weighted by atomic mass is 28.4. The zero-order valence-corrected chi connectivity index (χ0v) is 17.1. The number of hydrogen-bond donors (Lipinski definition) is 0. The number of nitrogens with zero attached hydrogens (tertiary/aromatic N) is 1. The highest BCUT2D eigenvalue weighted by Gasteiger charge is 2.43. The third kappa shape index (κ3) is 4.61. The second-order valence-electron chi connectivity index (χ2n) is 8.24. The summed E-state index contributed by atoms with van der Waals surface area (Å²) >= 11 is 0. The summed E-state index contributed by atoms with van der Waals surface area (Å²) in [6.07, 6.45) is -1.21. The van der Waals surface area contributed by atoms with Gasteiger partial charge >= 0.3 is 0 Å². The van der Waals surface area contributed by atoms with E-state index >= 15 is 0 Å². The van der Waals surface area contributed by atoms with E-state index in [1.807, 2.05) is 24.3 Å². The smallest absolute Gasteiger partial charge is 0.257 e. The normalized spacial score (nSPS) is 21.7. The molecule has 1 aliphatic heterocycles. The van der Waals surface area contributed by atoms with Gasteiger partial charge in [0.1, 0.15) is 5.75 Å². The van der Waals surface area contributed by atoms with Crippen LogP contribution in [0, 0.1) is 0 Å². The molecular formula is C19H30FNO3Si. The Morgan fingerprint density at radius 3 is 2.36 bits per heavy atom. The van der Waals surface area contributed by atoms with Crippen molar-refractivity contribution in [3.8, 4) is 5.75 Å². The number of carbonyl (C=O) groups is 1. The molecule has 1 amide bonds. The summed E-state index contributed by atoms with van der Waals surface area (Å²) < 4.78 is 25.4. The predicted molar refractivity (Wildman–Crippen MR) is 100.0 cm³/mol. The van der Waals surface area contributed by atoms with Gasteiger partial charge in [0, 0.05) is 13.0 Å². The summed E-state index contributed by atoms with van der Waals surface area (Å²) in [5.41, 5.74) is 0.959. The van der Waals surface area contributed by atoms with Crippen molar-refractivity contribution in [3.63, 3.8) is 0 Å². The van der Waals surface area contributed by atoms with Gasteiger partial charge in [0.25, 0.3) is 5.91 Å². The van der Waals surface area contributed by atoms with Crippen molar-refractivity contribution in [1.29, 1.82) is 0 Å². The second-order valence-corrected chi connectivity index (χ2v) is 13.1. The predicted octanol–water partition coefficient (Wildman–Crippen LogP) is 4.16. The van der Waals surface area contributed by atoms with Crippen LogP contribution >= 0.6 is 0 Å². The van der Waals surface area contributed by atoms with E-state index in [0.29, 0.717) is 13.2 Å². The molecule has 2 rings (SSSR count). The fourth-order valence-electron chi connectivity index (χ4n) is 2.64. The molecule has 4 nitrogen and oxygen atoms in total. The van der Waals surface area contributed by atoms with Crippen LogP contribution < -0.4 is 4.74 Å². The molecule has 0 N–H and O–H groups in total. The van der Waals surface area contributed by atoms with Gasteiger partial charge in [0.05, 0.1) is 19.8 Å². The van der Waals surface area contributed by atoms with Crippen LogP contribution in [0.2, 0.25) is 18.1 Å². The summed E-state index contributed by atoms with van der Waals surface area (Å²) in [6, 6.07) is 7.31. The lowest BCUT2D eigenvalue weighted by Crippen LogP contribution is -2.45. The molecule has 6 heteroatoms. The van der Waals surface area contributed by atoms with Crippen LogP contribution in [0.25, 0.3) is 0 Å². The molecule has 0 radical (unpaired) electrons. The van der Waals surface area contributed by atoms with E-state index in [9.17, 15) is 9.18 Å². The maximum Gasteiger partial charge on any atom is 0.257 e. The molecule has 1 aliphatic rings. The lowest BCUT2D eigenvalue weighted by atomic mass is 10.2. The first-order valence-corrected chi connectivity index (χ1v) is 11.7. The van der Waals surface area contributed by atoms with Crippen molar-refractivity contribution in [1.82, 2.24) is 4.90 Å². The van der Waals surface area contributed by atoms with Gasteiger partial charge in [-0.05, 0) is 35.8 Å². The first kappa shape index (κ1) is 19.9. The minimum Gasteiger partial charge on any atom is -0.497 e. The van der Waals surface area contributed by atoms with E-state index in [4.69, 9.17) is 9.16 Å². The summed E-state index contributed by atoms with van der Waals surface area (Å²) in [6.45, 7) is 11.7. The Morgan fingerprint density at radius 1 is 1.24 bits per heavy atom. The maximum atomic E-state index is 14.0. The van der Waals surface area contributed by atoms with Crippen LogP contribution in [0.1, 0.15) is 32.8 Å². The molecular weight excluding hydrogens is 337 g/mol. The van der Waals surface area contributed by atoms with Crippen molar-refractivity contribution in [2.75, 3.05) is 13.7 Å². The van der Waals surface area contributed by atoms with Crippen molar-refractivity contribution in [2.45, 2.75) is 64.1 Å². The van der Waals surface area contributed by atoms with Gasteiger partial charge in [0.2, 0.25) is 0 Å². The maximum absolute atomic E-state index is 14.0. The van der Waals surface area contributed by atoms with Gasteiger partial charge in [-0.2, -0.15) is 0 Å². The number of hydrogen-bond acceptors (Lipinski definition) is 3. The highest BCUT2D eigenvalue weighted by molar-refractivity contribution is 6.74. The Bertz CT molecular complexity index is 598. The van der Waals surface area contributed by atoms with E-state index in [1.54, 1.807) is 12.0 Å². The fraction of sp³-hybridized carbons (Fsp3) is 0.632. The van der Waals surface area contributed by atoms with Crippen LogP contribution in [0.15, 0.2) is 24.3 Å². The summed E-state index contributed by atoms with van der Waals surface area (Å²) in [4.78, 5) is 13.9. The Hall–Kier alpha value is -1.40. The minimum atomic E-state index is -1.93. The monoisotopic (exact) mass is 367 g/mol. The first-order chi connectivity index (χ1) is 11.5. The summed E-state index contributed by atoms with van der Waals surface area (Å²) in [5, 5.41) is 0.0888. The molecule has 0 aliphatic carbocycles. The Balaban J connectivity index is 2.07. The zero-order valence-electron chi connectivity index (χ0n) is 16.1. The van der Waals surface area contributed by atoms with Gasteiger partial charge in [-0.3, -0.25) is 4.79 Å². The molecule has 140 valence electrons. The van der Waals surface area contributed by atoms with Crippen LogP contribution in [0.3, 0.4) is 0 Å². The van der Waals surface area contributed by atoms with Crippen molar-refractivity contribution < 1.29 is 18.3 Å². The second kappa shape index (κ2) is 7.46. The third-order valence-corrected chi connectivity index (χ3v) is 9.93. The van der Waals surface area contributed by atoms with Crippen molar-refractivity contribution in [2.24, 2.45) is 0 Å². The molecule has 0 spiro atoms. The quantitative estimate of drug-likeness (QED) is 0.709. The van der Waals surface area contributed by atoms with E-state index in [0.717, 1.165) is 11.3 Å². The number of ether oxygens (including phenoxy) is 1. The Labute approximate surface area is 151 Å². The van der Waals surface area contributed by atoms with E-state index in [1.165, 1.54) is 0 Å². The fourth-order valence-corrected chi connectivity index (χ4v) is 3.68. The van der Waals surface area contributed by atoms with Crippen LogP contribution in [-0.2, 0) is 15.8 Å². The largest absolute Gasteiger partial charge is 0.497 e. The molecule has 1 aromatic carbocycles. The lowest BCUT2D eigenvalue weighted by Gasteiger charge is -2.38. The molecule has 1 saturated heterocycles. The number of halogens is 1. The Kier molecular flexibility index (Phi) is 5.94. The van der Waals surface area contributed by atoms with E-state index in [2.05, 4.69) is 33.9 Å². The van der Waals surface area contributed by atoms with Gasteiger partial charge in [-0.25, -0.2) is 4.39 Å². The third-order valence-electron chi connectivity index (χ3n) is 5.43. The average molecular weight is 368 g/mol. The van der Waals surface area contributed by atoms with Gasteiger partial charge in [-0.15, -0.1) is 0 Å². The molecule has 0 bridgehead atoms.